The largest absolute Gasteiger partial charge is 0.446 e. The van der Waals surface area contributed by atoms with E-state index in [1.54, 1.807) is 0 Å². The van der Waals surface area contributed by atoms with Crippen LogP contribution in [0.2, 0.25) is 0 Å². The topological polar surface area (TPSA) is 93.9 Å². The van der Waals surface area contributed by atoms with Crippen molar-refractivity contribution in [3.8, 4) is 0 Å². The van der Waals surface area contributed by atoms with Crippen molar-refractivity contribution in [1.29, 1.82) is 0 Å². The number of ether oxygens (including phenoxy) is 2. The fraction of sp³-hybridized carbons (Fsp3) is 0.706. The van der Waals surface area contributed by atoms with Crippen LogP contribution < -0.4 is 5.32 Å². The van der Waals surface area contributed by atoms with Gasteiger partial charge in [-0.25, -0.2) is 4.98 Å². The molecule has 1 aromatic rings. The van der Waals surface area contributed by atoms with Crippen molar-refractivity contribution in [2.45, 2.75) is 49.3 Å². The molecule has 0 radical (unpaired) electrons. The molecule has 2 fully saturated rings. The Morgan fingerprint density at radius 3 is 2.56 bits per heavy atom. The lowest BCUT2D eigenvalue weighted by Crippen LogP contribution is -2.39. The van der Waals surface area contributed by atoms with Gasteiger partial charge in [-0.05, 0) is 25.7 Å². The molecule has 2 amide bonds. The SMILES string of the molecule is O=C(NCC1CCCO1)c1coc(CN(CC2CCCO2)C(=O)C(Cl)Cl)n1. The van der Waals surface area contributed by atoms with Crippen LogP contribution >= 0.6 is 23.2 Å². The first-order valence-electron chi connectivity index (χ1n) is 9.05. The normalized spacial score (nSPS) is 22.3. The van der Waals surface area contributed by atoms with E-state index in [1.807, 2.05) is 0 Å². The zero-order valence-corrected chi connectivity index (χ0v) is 16.4. The van der Waals surface area contributed by atoms with Gasteiger partial charge in [-0.15, -0.1) is 0 Å². The van der Waals surface area contributed by atoms with Crippen LogP contribution in [-0.2, 0) is 20.8 Å². The van der Waals surface area contributed by atoms with Gasteiger partial charge in [-0.2, -0.15) is 0 Å². The first-order valence-corrected chi connectivity index (χ1v) is 9.93. The Kier molecular flexibility index (Phi) is 7.34. The molecule has 0 spiro atoms. The highest BCUT2D eigenvalue weighted by Gasteiger charge is 2.27. The first-order chi connectivity index (χ1) is 13.0. The lowest BCUT2D eigenvalue weighted by molar-refractivity contribution is -0.131. The number of nitrogens with one attached hydrogen (secondary N) is 1. The molecule has 2 atom stereocenters. The molecule has 150 valence electrons. The first kappa shape index (κ1) is 20.4. The lowest BCUT2D eigenvalue weighted by Gasteiger charge is -2.24. The van der Waals surface area contributed by atoms with Gasteiger partial charge >= 0.3 is 0 Å². The van der Waals surface area contributed by atoms with Crippen LogP contribution in [0.15, 0.2) is 10.7 Å². The summed E-state index contributed by atoms with van der Waals surface area (Å²) < 4.78 is 16.4. The van der Waals surface area contributed by atoms with Gasteiger partial charge in [0, 0.05) is 26.3 Å². The number of oxazole rings is 1. The van der Waals surface area contributed by atoms with E-state index in [0.717, 1.165) is 32.3 Å². The highest BCUT2D eigenvalue weighted by atomic mass is 35.5. The molecular weight excluding hydrogens is 397 g/mol. The molecule has 0 saturated carbocycles. The predicted molar refractivity (Wildman–Crippen MR) is 97.7 cm³/mol. The van der Waals surface area contributed by atoms with Gasteiger partial charge in [-0.1, -0.05) is 23.2 Å². The summed E-state index contributed by atoms with van der Waals surface area (Å²) in [6.07, 6.45) is 5.00. The third-order valence-corrected chi connectivity index (χ3v) is 4.94. The van der Waals surface area contributed by atoms with Gasteiger partial charge < -0.3 is 24.1 Å². The number of hydrogen-bond donors (Lipinski definition) is 1. The fourth-order valence-electron chi connectivity index (χ4n) is 3.16. The minimum atomic E-state index is -1.18. The van der Waals surface area contributed by atoms with Gasteiger partial charge in [0.05, 0.1) is 18.8 Å². The van der Waals surface area contributed by atoms with E-state index in [2.05, 4.69) is 10.3 Å². The van der Waals surface area contributed by atoms with E-state index in [1.165, 1.54) is 11.2 Å². The van der Waals surface area contributed by atoms with E-state index >= 15 is 0 Å². The van der Waals surface area contributed by atoms with E-state index in [4.69, 9.17) is 37.1 Å². The van der Waals surface area contributed by atoms with Gasteiger partial charge in [0.15, 0.2) is 10.5 Å². The van der Waals surface area contributed by atoms with Crippen LogP contribution in [0.5, 0.6) is 0 Å². The van der Waals surface area contributed by atoms with Crippen molar-refractivity contribution in [1.82, 2.24) is 15.2 Å². The van der Waals surface area contributed by atoms with Gasteiger partial charge in [-0.3, -0.25) is 9.59 Å². The second-order valence-electron chi connectivity index (χ2n) is 6.63. The molecule has 0 aromatic carbocycles. The molecule has 3 heterocycles. The minimum absolute atomic E-state index is 0.0456. The Balaban J connectivity index is 1.57. The monoisotopic (exact) mass is 419 g/mol. The number of carbonyl (C=O) groups is 2. The summed E-state index contributed by atoms with van der Waals surface area (Å²) in [6, 6.07) is 0. The van der Waals surface area contributed by atoms with Gasteiger partial charge in [0.1, 0.15) is 6.26 Å². The van der Waals surface area contributed by atoms with Gasteiger partial charge in [0.2, 0.25) is 5.89 Å². The van der Waals surface area contributed by atoms with Crippen LogP contribution in [0.4, 0.5) is 0 Å². The molecule has 1 N–H and O–H groups in total. The predicted octanol–water partition coefficient (Wildman–Crippen LogP) is 1.89. The van der Waals surface area contributed by atoms with Crippen LogP contribution in [0.3, 0.4) is 0 Å². The van der Waals surface area contributed by atoms with Crippen LogP contribution in [0.1, 0.15) is 42.1 Å². The molecule has 27 heavy (non-hydrogen) atoms. The number of alkyl halides is 2. The summed E-state index contributed by atoms with van der Waals surface area (Å²) in [6.45, 7) is 2.24. The summed E-state index contributed by atoms with van der Waals surface area (Å²) in [5, 5.41) is 2.78. The number of hydrogen-bond acceptors (Lipinski definition) is 6. The zero-order valence-electron chi connectivity index (χ0n) is 14.9. The second kappa shape index (κ2) is 9.73. The molecule has 8 nitrogen and oxygen atoms in total. The highest BCUT2D eigenvalue weighted by Crippen LogP contribution is 2.18. The quantitative estimate of drug-likeness (QED) is 0.646. The minimum Gasteiger partial charge on any atom is -0.446 e. The molecule has 2 saturated heterocycles. The average Bonchev–Trinajstić information content (AvgIpc) is 3.40. The molecule has 2 aliphatic rings. The number of nitrogens with zero attached hydrogens (tertiary/aromatic N) is 2. The molecular formula is C17H23Cl2N3O5. The maximum absolute atomic E-state index is 12.3. The summed E-state index contributed by atoms with van der Waals surface area (Å²) in [5.74, 6) is -0.556. The van der Waals surface area contributed by atoms with Crippen LogP contribution in [0, 0.1) is 0 Å². The van der Waals surface area contributed by atoms with Crippen molar-refractivity contribution >= 4 is 35.0 Å². The number of halogens is 2. The Hall–Kier alpha value is -1.35. The summed E-state index contributed by atoms with van der Waals surface area (Å²) in [4.78, 5) is 28.9. The lowest BCUT2D eigenvalue weighted by atomic mass is 10.2. The van der Waals surface area contributed by atoms with E-state index < -0.39 is 10.7 Å². The fourth-order valence-corrected chi connectivity index (χ4v) is 3.43. The molecule has 1 aromatic heterocycles. The summed E-state index contributed by atoms with van der Waals surface area (Å²) >= 11 is 11.5. The van der Waals surface area contributed by atoms with E-state index in [-0.39, 0.29) is 36.2 Å². The van der Waals surface area contributed by atoms with E-state index in [0.29, 0.717) is 19.7 Å². The van der Waals surface area contributed by atoms with Crippen molar-refractivity contribution < 1.29 is 23.5 Å². The number of carbonyl (C=O) groups excluding carboxylic acids is 2. The van der Waals surface area contributed by atoms with E-state index in [9.17, 15) is 9.59 Å². The summed E-state index contributed by atoms with van der Waals surface area (Å²) in [7, 11) is 0. The number of aromatic nitrogens is 1. The van der Waals surface area contributed by atoms with Gasteiger partial charge in [0.25, 0.3) is 11.8 Å². The maximum Gasteiger partial charge on any atom is 0.273 e. The second-order valence-corrected chi connectivity index (χ2v) is 7.72. The summed E-state index contributed by atoms with van der Waals surface area (Å²) in [5.41, 5.74) is 0.154. The van der Waals surface area contributed by atoms with Crippen molar-refractivity contribution in [3.05, 3.63) is 17.8 Å². The van der Waals surface area contributed by atoms with Crippen molar-refractivity contribution in [2.24, 2.45) is 0 Å². The Morgan fingerprint density at radius 2 is 1.93 bits per heavy atom. The Labute approximate surface area is 167 Å². The molecule has 3 rings (SSSR count). The molecule has 0 aliphatic carbocycles. The third-order valence-electron chi connectivity index (χ3n) is 4.57. The van der Waals surface area contributed by atoms with Crippen LogP contribution in [-0.4, -0.2) is 65.0 Å². The maximum atomic E-state index is 12.3. The number of amides is 2. The molecule has 2 unspecified atom stereocenters. The van der Waals surface area contributed by atoms with Crippen molar-refractivity contribution in [3.63, 3.8) is 0 Å². The average molecular weight is 420 g/mol. The number of rotatable bonds is 8. The standard InChI is InChI=1S/C17H23Cl2N3O5/c18-15(19)17(24)22(8-12-4-2-6-26-12)9-14-21-13(10-27-14)16(23)20-7-11-3-1-5-25-11/h10-12,15H,1-9H2,(H,20,23). The Morgan fingerprint density at radius 1 is 1.22 bits per heavy atom. The molecule has 0 bridgehead atoms. The molecule has 2 aliphatic heterocycles. The third kappa shape index (κ3) is 5.81. The smallest absolute Gasteiger partial charge is 0.273 e. The Bertz CT molecular complexity index is 642. The zero-order chi connectivity index (χ0) is 19.2. The van der Waals surface area contributed by atoms with Crippen molar-refractivity contribution in [2.75, 3.05) is 26.3 Å². The molecule has 10 heteroatoms. The van der Waals surface area contributed by atoms with Crippen LogP contribution in [0.25, 0.3) is 0 Å². The highest BCUT2D eigenvalue weighted by molar-refractivity contribution is 6.53.